The molecule has 1 aliphatic rings. The molecular weight excluding hydrogens is 274 g/mol. The molecule has 1 aromatic heterocycles. The lowest BCUT2D eigenvalue weighted by Crippen LogP contribution is -2.48. The molecule has 0 aliphatic carbocycles. The molecule has 0 aromatic carbocycles. The van der Waals surface area contributed by atoms with Gasteiger partial charge in [0.1, 0.15) is 5.69 Å². The highest BCUT2D eigenvalue weighted by Crippen LogP contribution is 2.23. The van der Waals surface area contributed by atoms with Crippen LogP contribution in [0.3, 0.4) is 0 Å². The van der Waals surface area contributed by atoms with Crippen LogP contribution in [0.4, 0.5) is 0 Å². The number of nitrogens with two attached hydrogens (primary N) is 1. The zero-order valence-electron chi connectivity index (χ0n) is 11.7. The van der Waals surface area contributed by atoms with Crippen LogP contribution in [-0.4, -0.2) is 45.4 Å². The summed E-state index contributed by atoms with van der Waals surface area (Å²) in [5, 5.41) is 8.92. The standard InChI is InChI=1S/C14H17N3O4/c1-8-2-3-10(12(15)18)7-17(8)13(19)9-4-5-16-11(6-9)14(20)21/h4-6,8,10H,2-3,7H2,1H3,(H2,15,18)(H,20,21). The topological polar surface area (TPSA) is 114 Å². The van der Waals surface area contributed by atoms with Crippen LogP contribution in [0.1, 0.15) is 40.6 Å². The second-order valence-electron chi connectivity index (χ2n) is 5.22. The smallest absolute Gasteiger partial charge is 0.354 e. The third-order valence-corrected chi connectivity index (χ3v) is 3.77. The number of carbonyl (C=O) groups excluding carboxylic acids is 2. The second kappa shape index (κ2) is 5.90. The molecule has 0 radical (unpaired) electrons. The van der Waals surface area contributed by atoms with Crippen molar-refractivity contribution in [2.45, 2.75) is 25.8 Å². The molecule has 1 saturated heterocycles. The molecule has 2 heterocycles. The predicted molar refractivity (Wildman–Crippen MR) is 73.6 cm³/mol. The Labute approximate surface area is 121 Å². The van der Waals surface area contributed by atoms with Gasteiger partial charge in [-0.2, -0.15) is 0 Å². The Morgan fingerprint density at radius 3 is 2.71 bits per heavy atom. The Morgan fingerprint density at radius 1 is 1.38 bits per heavy atom. The molecule has 2 unspecified atom stereocenters. The highest BCUT2D eigenvalue weighted by atomic mass is 16.4. The van der Waals surface area contributed by atoms with Gasteiger partial charge in [0.2, 0.25) is 5.91 Å². The summed E-state index contributed by atoms with van der Waals surface area (Å²) in [6.07, 6.45) is 2.64. The molecule has 2 atom stereocenters. The first kappa shape index (κ1) is 15.0. The number of carboxylic acids is 1. The van der Waals surface area contributed by atoms with Gasteiger partial charge in [0, 0.05) is 24.3 Å². The number of aromatic carboxylic acids is 1. The Hall–Kier alpha value is -2.44. The summed E-state index contributed by atoms with van der Waals surface area (Å²) in [6.45, 7) is 2.16. The number of carboxylic acid groups (broad SMARTS) is 1. The van der Waals surface area contributed by atoms with E-state index in [0.717, 1.165) is 0 Å². The van der Waals surface area contributed by atoms with Crippen molar-refractivity contribution in [2.24, 2.45) is 11.7 Å². The molecule has 1 aromatic rings. The van der Waals surface area contributed by atoms with Gasteiger partial charge in [0.25, 0.3) is 5.91 Å². The molecule has 112 valence electrons. The monoisotopic (exact) mass is 291 g/mol. The van der Waals surface area contributed by atoms with E-state index in [4.69, 9.17) is 10.8 Å². The van der Waals surface area contributed by atoms with E-state index in [1.54, 1.807) is 4.90 Å². The number of piperidine rings is 1. The largest absolute Gasteiger partial charge is 0.477 e. The zero-order valence-corrected chi connectivity index (χ0v) is 11.7. The Kier molecular flexibility index (Phi) is 4.21. The molecule has 0 bridgehead atoms. The van der Waals surface area contributed by atoms with Gasteiger partial charge in [-0.15, -0.1) is 0 Å². The third kappa shape index (κ3) is 3.18. The summed E-state index contributed by atoms with van der Waals surface area (Å²) in [5.74, 6) is -2.27. The van der Waals surface area contributed by atoms with Crippen LogP contribution in [0.15, 0.2) is 18.3 Å². The average molecular weight is 291 g/mol. The first-order chi connectivity index (χ1) is 9.90. The normalized spacial score (nSPS) is 21.9. The van der Waals surface area contributed by atoms with Crippen LogP contribution in [0.25, 0.3) is 0 Å². The van der Waals surface area contributed by atoms with Crippen LogP contribution >= 0.6 is 0 Å². The fourth-order valence-electron chi connectivity index (χ4n) is 2.47. The maximum Gasteiger partial charge on any atom is 0.354 e. The number of primary amides is 1. The van der Waals surface area contributed by atoms with E-state index in [0.29, 0.717) is 12.8 Å². The van der Waals surface area contributed by atoms with Gasteiger partial charge < -0.3 is 15.7 Å². The molecule has 0 saturated carbocycles. The molecule has 21 heavy (non-hydrogen) atoms. The number of hydrogen-bond acceptors (Lipinski definition) is 4. The van der Waals surface area contributed by atoms with Gasteiger partial charge >= 0.3 is 5.97 Å². The van der Waals surface area contributed by atoms with Crippen molar-refractivity contribution < 1.29 is 19.5 Å². The maximum absolute atomic E-state index is 12.5. The SMILES string of the molecule is CC1CCC(C(N)=O)CN1C(=O)c1ccnc(C(=O)O)c1. The highest BCUT2D eigenvalue weighted by molar-refractivity contribution is 5.97. The first-order valence-corrected chi connectivity index (χ1v) is 6.69. The molecule has 7 heteroatoms. The van der Waals surface area contributed by atoms with Crippen LogP contribution in [0.2, 0.25) is 0 Å². The van der Waals surface area contributed by atoms with E-state index in [-0.39, 0.29) is 35.7 Å². The van der Waals surface area contributed by atoms with E-state index >= 15 is 0 Å². The molecule has 0 spiro atoms. The molecule has 1 fully saturated rings. The summed E-state index contributed by atoms with van der Waals surface area (Å²) in [6, 6.07) is 2.69. The lowest BCUT2D eigenvalue weighted by Gasteiger charge is -2.37. The number of hydrogen-bond donors (Lipinski definition) is 2. The quantitative estimate of drug-likeness (QED) is 0.842. The maximum atomic E-state index is 12.5. The van der Waals surface area contributed by atoms with Gasteiger partial charge in [0.05, 0.1) is 5.92 Å². The molecule has 7 nitrogen and oxygen atoms in total. The zero-order chi connectivity index (χ0) is 15.6. The molecular formula is C14H17N3O4. The minimum absolute atomic E-state index is 0.0189. The van der Waals surface area contributed by atoms with Gasteiger partial charge in [-0.05, 0) is 31.9 Å². The average Bonchev–Trinajstić information content (AvgIpc) is 2.47. The number of likely N-dealkylation sites (tertiary alicyclic amines) is 1. The van der Waals surface area contributed by atoms with E-state index in [2.05, 4.69) is 4.98 Å². The highest BCUT2D eigenvalue weighted by Gasteiger charge is 2.32. The molecule has 2 rings (SSSR count). The van der Waals surface area contributed by atoms with Crippen LogP contribution in [0, 0.1) is 5.92 Å². The third-order valence-electron chi connectivity index (χ3n) is 3.77. The predicted octanol–water partition coefficient (Wildman–Crippen LogP) is 0.506. The number of amides is 2. The van der Waals surface area contributed by atoms with Crippen molar-refractivity contribution in [2.75, 3.05) is 6.54 Å². The fourth-order valence-corrected chi connectivity index (χ4v) is 2.47. The number of nitrogens with zero attached hydrogens (tertiary/aromatic N) is 2. The number of carbonyl (C=O) groups is 3. The molecule has 3 N–H and O–H groups in total. The summed E-state index contributed by atoms with van der Waals surface area (Å²) >= 11 is 0. The van der Waals surface area contributed by atoms with Gasteiger partial charge in [-0.25, -0.2) is 9.78 Å². The Bertz CT molecular complexity index is 587. The van der Waals surface area contributed by atoms with Gasteiger partial charge in [-0.3, -0.25) is 9.59 Å². The van der Waals surface area contributed by atoms with Gasteiger partial charge in [0.15, 0.2) is 0 Å². The van der Waals surface area contributed by atoms with E-state index in [1.807, 2.05) is 6.92 Å². The number of aromatic nitrogens is 1. The van der Waals surface area contributed by atoms with Crippen LogP contribution < -0.4 is 5.73 Å². The minimum Gasteiger partial charge on any atom is -0.477 e. The number of pyridine rings is 1. The first-order valence-electron chi connectivity index (χ1n) is 6.69. The van der Waals surface area contributed by atoms with Crippen LogP contribution in [-0.2, 0) is 4.79 Å². The summed E-state index contributed by atoms with van der Waals surface area (Å²) in [4.78, 5) is 40.0. The summed E-state index contributed by atoms with van der Waals surface area (Å²) in [5.41, 5.74) is 5.38. The Morgan fingerprint density at radius 2 is 2.10 bits per heavy atom. The Balaban J connectivity index is 2.23. The van der Waals surface area contributed by atoms with Crippen LogP contribution in [0.5, 0.6) is 0 Å². The number of rotatable bonds is 3. The van der Waals surface area contributed by atoms with E-state index in [9.17, 15) is 14.4 Å². The van der Waals surface area contributed by atoms with Crippen molar-refractivity contribution in [3.63, 3.8) is 0 Å². The second-order valence-corrected chi connectivity index (χ2v) is 5.22. The minimum atomic E-state index is -1.19. The lowest BCUT2D eigenvalue weighted by molar-refractivity contribution is -0.123. The van der Waals surface area contributed by atoms with Crippen molar-refractivity contribution in [3.05, 3.63) is 29.6 Å². The van der Waals surface area contributed by atoms with Gasteiger partial charge in [-0.1, -0.05) is 0 Å². The van der Waals surface area contributed by atoms with Crippen molar-refractivity contribution in [3.8, 4) is 0 Å². The fraction of sp³-hybridized carbons (Fsp3) is 0.429. The van der Waals surface area contributed by atoms with E-state index < -0.39 is 11.9 Å². The van der Waals surface area contributed by atoms with Crippen molar-refractivity contribution in [1.29, 1.82) is 0 Å². The summed E-state index contributed by atoms with van der Waals surface area (Å²) in [7, 11) is 0. The molecule has 1 aliphatic heterocycles. The van der Waals surface area contributed by atoms with Crippen molar-refractivity contribution in [1.82, 2.24) is 9.88 Å². The van der Waals surface area contributed by atoms with E-state index in [1.165, 1.54) is 18.3 Å². The molecule has 2 amide bonds. The summed E-state index contributed by atoms with van der Waals surface area (Å²) < 4.78 is 0. The lowest BCUT2D eigenvalue weighted by atomic mass is 9.92. The van der Waals surface area contributed by atoms with Crippen molar-refractivity contribution >= 4 is 17.8 Å².